The molecule has 1 fully saturated rings. The molecule has 15 heavy (non-hydrogen) atoms. The lowest BCUT2D eigenvalue weighted by Crippen LogP contribution is -2.33. The third kappa shape index (κ3) is 6.35. The van der Waals surface area contributed by atoms with E-state index in [1.54, 1.807) is 0 Å². The zero-order chi connectivity index (χ0) is 11.9. The largest absolute Gasteiger partial charge is 0.465 e. The van der Waals surface area contributed by atoms with Crippen molar-refractivity contribution in [1.82, 2.24) is 5.32 Å². The van der Waals surface area contributed by atoms with Crippen LogP contribution >= 0.6 is 0 Å². The van der Waals surface area contributed by atoms with Gasteiger partial charge in [-0.2, -0.15) is 0 Å². The minimum Gasteiger partial charge on any atom is -0.465 e. The fourth-order valence-electron chi connectivity index (χ4n) is 1.21. The summed E-state index contributed by atoms with van der Waals surface area (Å²) in [7, 11) is 0. The number of hydrogen-bond acceptors (Lipinski definition) is 3. The summed E-state index contributed by atoms with van der Waals surface area (Å²) in [6, 6.07) is -1.06. The minimum absolute atomic E-state index is 0.736. The number of primary amides is 1. The van der Waals surface area contributed by atoms with E-state index < -0.39 is 17.7 Å². The maximum atomic E-state index is 9.54. The molecule has 0 radical (unpaired) electrons. The van der Waals surface area contributed by atoms with Crippen LogP contribution in [-0.2, 0) is 0 Å². The van der Waals surface area contributed by atoms with Crippen LogP contribution in [-0.4, -0.2) is 27.9 Å². The lowest BCUT2D eigenvalue weighted by Gasteiger charge is -2.11. The van der Waals surface area contributed by atoms with Gasteiger partial charge in [0, 0.05) is 0 Å². The maximum Gasteiger partial charge on any atom is 0.412 e. The zero-order valence-corrected chi connectivity index (χ0v) is 8.19. The van der Waals surface area contributed by atoms with Crippen molar-refractivity contribution in [2.24, 2.45) is 5.73 Å². The smallest absolute Gasteiger partial charge is 0.412 e. The second-order valence-corrected chi connectivity index (χ2v) is 3.18. The Kier molecular flexibility index (Phi) is 5.20. The van der Waals surface area contributed by atoms with Crippen molar-refractivity contribution in [3.8, 4) is 12.3 Å². The third-order valence-corrected chi connectivity index (χ3v) is 1.93. The van der Waals surface area contributed by atoms with E-state index >= 15 is 0 Å². The molecule has 0 spiro atoms. The normalized spacial score (nSPS) is 16.8. The van der Waals surface area contributed by atoms with Gasteiger partial charge in [-0.25, -0.2) is 14.9 Å². The second-order valence-electron chi connectivity index (χ2n) is 3.18. The number of carbonyl (C=O) groups is 2. The van der Waals surface area contributed by atoms with Gasteiger partial charge in [0.2, 0.25) is 0 Å². The second kappa shape index (κ2) is 5.88. The minimum atomic E-state index is -1.44. The quantitative estimate of drug-likeness (QED) is 0.433. The van der Waals surface area contributed by atoms with Gasteiger partial charge in [-0.1, -0.05) is 5.92 Å². The van der Waals surface area contributed by atoms with E-state index in [1.165, 1.54) is 5.32 Å². The number of nitrogens with one attached hydrogen (secondary N) is 1. The summed E-state index contributed by atoms with van der Waals surface area (Å²) in [5, 5.41) is 18.3. The first-order valence-electron chi connectivity index (χ1n) is 4.39. The molecule has 1 rings (SSSR count). The van der Waals surface area contributed by atoms with Crippen molar-refractivity contribution in [3.63, 3.8) is 0 Å². The Hall–Kier alpha value is -1.74. The van der Waals surface area contributed by atoms with Crippen LogP contribution in [0.4, 0.5) is 9.59 Å². The molecule has 6 nitrogen and oxygen atoms in total. The molecule has 84 valence electrons. The van der Waals surface area contributed by atoms with Gasteiger partial charge in [-0.15, -0.1) is 6.42 Å². The Bertz CT molecular complexity index is 264. The van der Waals surface area contributed by atoms with Gasteiger partial charge in [-0.3, -0.25) is 0 Å². The predicted molar refractivity (Wildman–Crippen MR) is 53.0 cm³/mol. The first-order valence-corrected chi connectivity index (χ1v) is 4.39. The lowest BCUT2D eigenvalue weighted by molar-refractivity contribution is 0.110. The fourth-order valence-corrected chi connectivity index (χ4v) is 1.21. The van der Waals surface area contributed by atoms with E-state index in [0.29, 0.717) is 0 Å². The van der Waals surface area contributed by atoms with Crippen LogP contribution in [0.5, 0.6) is 0 Å². The van der Waals surface area contributed by atoms with Gasteiger partial charge in [0.15, 0.2) is 0 Å². The van der Waals surface area contributed by atoms with Crippen LogP contribution in [0.3, 0.4) is 0 Å². The van der Waals surface area contributed by atoms with Crippen LogP contribution in [0.15, 0.2) is 0 Å². The average Bonchev–Trinajstić information content (AvgIpc) is 2.52. The van der Waals surface area contributed by atoms with E-state index in [-0.39, 0.29) is 0 Å². The summed E-state index contributed by atoms with van der Waals surface area (Å²) in [6.45, 7) is 0. The van der Waals surface area contributed by atoms with Gasteiger partial charge in [0.1, 0.15) is 5.60 Å². The molecular weight excluding hydrogens is 200 g/mol. The zero-order valence-electron chi connectivity index (χ0n) is 8.19. The molecule has 6 heteroatoms. The van der Waals surface area contributed by atoms with Crippen molar-refractivity contribution in [2.75, 3.05) is 0 Å². The van der Waals surface area contributed by atoms with Crippen molar-refractivity contribution >= 4 is 12.1 Å². The van der Waals surface area contributed by atoms with E-state index in [1.807, 2.05) is 0 Å². The van der Waals surface area contributed by atoms with Gasteiger partial charge in [0.25, 0.3) is 0 Å². The van der Waals surface area contributed by atoms with Crippen molar-refractivity contribution in [2.45, 2.75) is 31.3 Å². The topological polar surface area (TPSA) is 113 Å². The van der Waals surface area contributed by atoms with Crippen LogP contribution in [0.2, 0.25) is 0 Å². The van der Waals surface area contributed by atoms with Crippen molar-refractivity contribution in [3.05, 3.63) is 0 Å². The Labute approximate surface area is 87.5 Å². The number of nitrogens with two attached hydrogens (primary N) is 1. The van der Waals surface area contributed by atoms with Crippen molar-refractivity contribution < 1.29 is 19.8 Å². The summed E-state index contributed by atoms with van der Waals surface area (Å²) in [5.74, 6) is 2.40. The summed E-state index contributed by atoms with van der Waals surface area (Å²) in [4.78, 5) is 18.9. The summed E-state index contributed by atoms with van der Waals surface area (Å²) in [5.41, 5.74) is 3.63. The number of aliphatic hydroxyl groups is 1. The molecule has 0 atom stereocenters. The molecular formula is C9H14N2O4. The standard InChI is InChI=1S/C7H10O.C2H4N2O3/c1-2-7(8)5-3-4-6-7;3-1(5)4-2(6)7/h1,8H,3-6H2;(H,6,7)(H3,3,4,5). The van der Waals surface area contributed by atoms with Crippen LogP contribution in [0, 0.1) is 12.3 Å². The third-order valence-electron chi connectivity index (χ3n) is 1.93. The molecule has 1 aliphatic carbocycles. The number of amides is 3. The highest BCUT2D eigenvalue weighted by atomic mass is 16.4. The van der Waals surface area contributed by atoms with Crippen LogP contribution < -0.4 is 11.1 Å². The van der Waals surface area contributed by atoms with Crippen LogP contribution in [0.1, 0.15) is 25.7 Å². The first kappa shape index (κ1) is 13.3. The van der Waals surface area contributed by atoms with Gasteiger partial charge in [0.05, 0.1) is 0 Å². The summed E-state index contributed by atoms with van der Waals surface area (Å²) in [6.07, 6.45) is 7.39. The first-order chi connectivity index (χ1) is 6.89. The molecule has 0 bridgehead atoms. The Morgan fingerprint density at radius 3 is 2.00 bits per heavy atom. The van der Waals surface area contributed by atoms with Gasteiger partial charge < -0.3 is 15.9 Å². The molecule has 1 saturated carbocycles. The Morgan fingerprint density at radius 2 is 1.87 bits per heavy atom. The van der Waals surface area contributed by atoms with E-state index in [2.05, 4.69) is 11.7 Å². The molecule has 0 heterocycles. The monoisotopic (exact) mass is 214 g/mol. The van der Waals surface area contributed by atoms with E-state index in [0.717, 1.165) is 25.7 Å². The predicted octanol–water partition coefficient (Wildman–Crippen LogP) is 0.257. The van der Waals surface area contributed by atoms with Gasteiger partial charge in [-0.05, 0) is 25.7 Å². The number of urea groups is 1. The van der Waals surface area contributed by atoms with Crippen LogP contribution in [0.25, 0.3) is 0 Å². The molecule has 1 aliphatic rings. The summed E-state index contributed by atoms with van der Waals surface area (Å²) >= 11 is 0. The lowest BCUT2D eigenvalue weighted by atomic mass is 10.1. The molecule has 0 saturated heterocycles. The molecule has 0 aliphatic heterocycles. The highest BCUT2D eigenvalue weighted by Gasteiger charge is 2.27. The molecule has 5 N–H and O–H groups in total. The van der Waals surface area contributed by atoms with E-state index in [4.69, 9.17) is 11.5 Å². The van der Waals surface area contributed by atoms with Crippen molar-refractivity contribution in [1.29, 1.82) is 0 Å². The Balaban J connectivity index is 0.000000265. The molecule has 3 amide bonds. The SMILES string of the molecule is C#CC1(O)CCCC1.NC(=O)NC(=O)O. The maximum absolute atomic E-state index is 9.54. The van der Waals surface area contributed by atoms with E-state index in [9.17, 15) is 14.7 Å². The molecule has 0 aromatic carbocycles. The number of carbonyl (C=O) groups excluding carboxylic acids is 1. The fraction of sp³-hybridized carbons (Fsp3) is 0.556. The highest BCUT2D eigenvalue weighted by molar-refractivity contribution is 5.88. The Morgan fingerprint density at radius 1 is 1.40 bits per heavy atom. The number of carboxylic acid groups (broad SMARTS) is 1. The molecule has 0 aromatic rings. The highest BCUT2D eigenvalue weighted by Crippen LogP contribution is 2.27. The number of imide groups is 1. The molecule has 0 unspecified atom stereocenters. The van der Waals surface area contributed by atoms with Gasteiger partial charge >= 0.3 is 12.1 Å². The summed E-state index contributed by atoms with van der Waals surface area (Å²) < 4.78 is 0. The number of terminal acetylenes is 1. The average molecular weight is 214 g/mol. The molecule has 0 aromatic heterocycles. The number of hydrogen-bond donors (Lipinski definition) is 4. The number of rotatable bonds is 0.